The Labute approximate surface area is 132 Å². The first kappa shape index (κ1) is 13.9. The Bertz CT molecular complexity index is 824. The number of aliphatic hydroxyl groups is 1. The quantitative estimate of drug-likeness (QED) is 0.723. The summed E-state index contributed by atoms with van der Waals surface area (Å²) in [6.45, 7) is 3.14. The van der Waals surface area contributed by atoms with Crippen LogP contribution in [0.15, 0.2) is 6.33 Å². The van der Waals surface area contributed by atoms with E-state index in [1.807, 2.05) is 0 Å². The highest BCUT2D eigenvalue weighted by atomic mass is 32.1. The summed E-state index contributed by atoms with van der Waals surface area (Å²) < 4.78 is 1.79. The molecule has 7 heteroatoms. The van der Waals surface area contributed by atoms with Crippen molar-refractivity contribution in [1.82, 2.24) is 19.6 Å². The maximum Gasteiger partial charge on any atom is 0.227 e. The molecule has 22 heavy (non-hydrogen) atoms. The van der Waals surface area contributed by atoms with Gasteiger partial charge in [0.15, 0.2) is 5.65 Å². The van der Waals surface area contributed by atoms with Gasteiger partial charge in [0.25, 0.3) is 0 Å². The third kappa shape index (κ3) is 2.07. The molecule has 1 aliphatic carbocycles. The van der Waals surface area contributed by atoms with Crippen molar-refractivity contribution < 1.29 is 5.11 Å². The number of thiophene rings is 1. The van der Waals surface area contributed by atoms with Gasteiger partial charge in [0, 0.05) is 18.0 Å². The molecule has 116 valence electrons. The zero-order valence-corrected chi connectivity index (χ0v) is 13.4. The zero-order chi connectivity index (χ0) is 15.1. The summed E-state index contributed by atoms with van der Waals surface area (Å²) in [5.41, 5.74) is 2.32. The maximum atomic E-state index is 8.94. The third-order valence-corrected chi connectivity index (χ3v) is 5.49. The number of nitrogens with zero attached hydrogens (tertiary/aromatic N) is 4. The summed E-state index contributed by atoms with van der Waals surface area (Å²) in [4.78, 5) is 11.8. The number of aromatic nitrogens is 4. The van der Waals surface area contributed by atoms with E-state index in [0.29, 0.717) is 24.8 Å². The molecule has 0 radical (unpaired) electrons. The fourth-order valence-electron chi connectivity index (χ4n) is 3.30. The van der Waals surface area contributed by atoms with Gasteiger partial charge in [-0.3, -0.25) is 0 Å². The molecule has 2 N–H and O–H groups in total. The molecule has 1 atom stereocenters. The number of fused-ring (bicyclic) bond motifs is 5. The zero-order valence-electron chi connectivity index (χ0n) is 12.5. The van der Waals surface area contributed by atoms with Gasteiger partial charge in [-0.2, -0.15) is 9.61 Å². The van der Waals surface area contributed by atoms with Crippen molar-refractivity contribution in [1.29, 1.82) is 0 Å². The number of rotatable bonds is 4. The Morgan fingerprint density at radius 3 is 3.27 bits per heavy atom. The van der Waals surface area contributed by atoms with E-state index < -0.39 is 0 Å². The predicted molar refractivity (Wildman–Crippen MR) is 87.7 cm³/mol. The van der Waals surface area contributed by atoms with Gasteiger partial charge in [0.2, 0.25) is 5.95 Å². The number of hydrogen-bond acceptors (Lipinski definition) is 6. The number of hydrogen-bond donors (Lipinski definition) is 2. The minimum absolute atomic E-state index is 0.167. The van der Waals surface area contributed by atoms with E-state index in [1.165, 1.54) is 28.7 Å². The number of aryl methyl sites for hydroxylation is 1. The summed E-state index contributed by atoms with van der Waals surface area (Å²) in [7, 11) is 0. The Hall–Kier alpha value is -1.73. The molecular formula is C15H19N5OS. The highest BCUT2D eigenvalue weighted by Crippen LogP contribution is 2.43. The highest BCUT2D eigenvalue weighted by Gasteiger charge is 2.25. The summed E-state index contributed by atoms with van der Waals surface area (Å²) in [5.74, 6) is 1.27. The largest absolute Gasteiger partial charge is 0.396 e. The first-order chi connectivity index (χ1) is 10.8. The lowest BCUT2D eigenvalue weighted by Crippen LogP contribution is -2.10. The van der Waals surface area contributed by atoms with Gasteiger partial charge in [0.1, 0.15) is 11.2 Å². The topological polar surface area (TPSA) is 75.3 Å². The van der Waals surface area contributed by atoms with Gasteiger partial charge in [-0.1, -0.05) is 6.92 Å². The van der Waals surface area contributed by atoms with Crippen LogP contribution in [-0.2, 0) is 6.42 Å². The van der Waals surface area contributed by atoms with Gasteiger partial charge in [0.05, 0.1) is 5.39 Å². The molecule has 3 aromatic rings. The van der Waals surface area contributed by atoms with Crippen LogP contribution in [0.3, 0.4) is 0 Å². The maximum absolute atomic E-state index is 8.94. The van der Waals surface area contributed by atoms with Crippen LogP contribution in [0.25, 0.3) is 15.9 Å². The molecule has 3 heterocycles. The van der Waals surface area contributed by atoms with Crippen molar-refractivity contribution in [2.45, 2.75) is 38.5 Å². The summed E-state index contributed by atoms with van der Waals surface area (Å²) in [6.07, 6.45) is 5.91. The number of aliphatic hydroxyl groups excluding tert-OH is 1. The van der Waals surface area contributed by atoms with Crippen molar-refractivity contribution in [2.24, 2.45) is 0 Å². The Morgan fingerprint density at radius 1 is 1.50 bits per heavy atom. The molecule has 0 amide bonds. The van der Waals surface area contributed by atoms with E-state index in [-0.39, 0.29) is 6.61 Å². The second-order valence-electron chi connectivity index (χ2n) is 5.85. The Balaban J connectivity index is 1.91. The molecule has 3 aromatic heterocycles. The highest BCUT2D eigenvalue weighted by molar-refractivity contribution is 7.19. The first-order valence-electron chi connectivity index (χ1n) is 7.79. The van der Waals surface area contributed by atoms with Gasteiger partial charge >= 0.3 is 0 Å². The van der Waals surface area contributed by atoms with E-state index >= 15 is 0 Å². The average molecular weight is 317 g/mol. The lowest BCUT2D eigenvalue weighted by atomic mass is 9.87. The van der Waals surface area contributed by atoms with Crippen molar-refractivity contribution in [3.05, 3.63) is 16.8 Å². The van der Waals surface area contributed by atoms with Crippen LogP contribution in [0.5, 0.6) is 0 Å². The monoisotopic (exact) mass is 317 g/mol. The smallest absolute Gasteiger partial charge is 0.227 e. The van der Waals surface area contributed by atoms with Crippen LogP contribution in [-0.4, -0.2) is 37.8 Å². The SMILES string of the molecule is CC1CCCc2sc3nc(NCCCO)n4ncnc4c3c21. The summed E-state index contributed by atoms with van der Waals surface area (Å²) in [6, 6.07) is 0. The van der Waals surface area contributed by atoms with Crippen molar-refractivity contribution >= 4 is 33.1 Å². The molecule has 0 saturated heterocycles. The van der Waals surface area contributed by atoms with Gasteiger partial charge < -0.3 is 10.4 Å². The van der Waals surface area contributed by atoms with Gasteiger partial charge in [-0.25, -0.2) is 9.97 Å². The average Bonchev–Trinajstić information content (AvgIpc) is 3.11. The van der Waals surface area contributed by atoms with Crippen LogP contribution in [0.1, 0.15) is 42.5 Å². The van der Waals surface area contributed by atoms with Crippen LogP contribution < -0.4 is 5.32 Å². The molecule has 0 saturated carbocycles. The summed E-state index contributed by atoms with van der Waals surface area (Å²) >= 11 is 1.79. The molecule has 0 aliphatic heterocycles. The van der Waals surface area contributed by atoms with E-state index in [2.05, 4.69) is 22.3 Å². The van der Waals surface area contributed by atoms with Crippen LogP contribution in [0, 0.1) is 0 Å². The second-order valence-corrected chi connectivity index (χ2v) is 6.93. The fraction of sp³-hybridized carbons (Fsp3) is 0.533. The standard InChI is InChI=1S/C15H19N5OS/c1-9-4-2-5-10-11(9)12-13-17-8-18-20(13)15(16-6-3-7-21)19-14(12)22-10/h8-9,21H,2-7H2,1H3,(H,16,19). The van der Waals surface area contributed by atoms with Crippen LogP contribution in [0.2, 0.25) is 0 Å². The molecule has 4 rings (SSSR count). The Morgan fingerprint density at radius 2 is 2.41 bits per heavy atom. The minimum atomic E-state index is 0.167. The van der Waals surface area contributed by atoms with Crippen molar-refractivity contribution in [3.63, 3.8) is 0 Å². The first-order valence-corrected chi connectivity index (χ1v) is 8.61. The molecule has 6 nitrogen and oxygen atoms in total. The number of anilines is 1. The fourth-order valence-corrected chi connectivity index (χ4v) is 4.62. The van der Waals surface area contributed by atoms with Crippen molar-refractivity contribution in [3.8, 4) is 0 Å². The van der Waals surface area contributed by atoms with E-state index in [1.54, 1.807) is 22.2 Å². The normalized spacial score (nSPS) is 18.0. The van der Waals surface area contributed by atoms with E-state index in [0.717, 1.165) is 16.9 Å². The van der Waals surface area contributed by atoms with E-state index in [4.69, 9.17) is 10.1 Å². The minimum Gasteiger partial charge on any atom is -0.396 e. The number of nitrogens with one attached hydrogen (secondary N) is 1. The van der Waals surface area contributed by atoms with E-state index in [9.17, 15) is 0 Å². The van der Waals surface area contributed by atoms with Gasteiger partial charge in [-0.05, 0) is 37.2 Å². The molecule has 0 spiro atoms. The molecule has 0 fully saturated rings. The lowest BCUT2D eigenvalue weighted by Gasteiger charge is -2.18. The predicted octanol–water partition coefficient (Wildman–Crippen LogP) is 2.57. The third-order valence-electron chi connectivity index (χ3n) is 4.33. The summed E-state index contributed by atoms with van der Waals surface area (Å²) in [5, 5.41) is 17.7. The lowest BCUT2D eigenvalue weighted by molar-refractivity contribution is 0.292. The van der Waals surface area contributed by atoms with Crippen LogP contribution >= 0.6 is 11.3 Å². The second kappa shape index (κ2) is 5.48. The molecular weight excluding hydrogens is 298 g/mol. The molecule has 0 bridgehead atoms. The van der Waals surface area contributed by atoms with Crippen LogP contribution in [0.4, 0.5) is 5.95 Å². The van der Waals surface area contributed by atoms with Crippen molar-refractivity contribution in [2.75, 3.05) is 18.5 Å². The Kier molecular flexibility index (Phi) is 3.46. The van der Waals surface area contributed by atoms with Gasteiger partial charge in [-0.15, -0.1) is 11.3 Å². The molecule has 0 aromatic carbocycles. The molecule has 1 aliphatic rings. The molecule has 1 unspecified atom stereocenters.